The van der Waals surface area contributed by atoms with Gasteiger partial charge in [0.15, 0.2) is 0 Å². The summed E-state index contributed by atoms with van der Waals surface area (Å²) in [5.74, 6) is 0. The lowest BCUT2D eigenvalue weighted by Crippen LogP contribution is -1.98. The number of carbonyl (C=O) groups excluding carboxylic acids is 1. The topological polar surface area (TPSA) is 17.1 Å². The van der Waals surface area contributed by atoms with Crippen LogP contribution in [-0.2, 0) is 25.7 Å². The van der Waals surface area contributed by atoms with Crippen LogP contribution in [0.25, 0.3) is 0 Å². The van der Waals surface area contributed by atoms with Crippen molar-refractivity contribution < 1.29 is 4.79 Å². The maximum absolute atomic E-state index is 11.3. The quantitative estimate of drug-likeness (QED) is 0.556. The monoisotopic (exact) mass is 314 g/mol. The summed E-state index contributed by atoms with van der Waals surface area (Å²) in [6.07, 6.45) is 4.88. The molecule has 0 fully saturated rings. The van der Waals surface area contributed by atoms with Crippen LogP contribution in [0.5, 0.6) is 0 Å². The standard InChI is InChI=1S/C23H22O/c24-18-23-16-21(13-11-19-7-3-1-4-8-19)15-22(17-23)14-12-20-9-5-2-6-10-20/h1-10,15-18H,11-14H2. The molecule has 1 heteroatoms. The number of hydrogen-bond donors (Lipinski definition) is 0. The molecule has 0 aromatic heterocycles. The fourth-order valence-electron chi connectivity index (χ4n) is 3.01. The number of hydrogen-bond acceptors (Lipinski definition) is 1. The summed E-state index contributed by atoms with van der Waals surface area (Å²) >= 11 is 0. The molecule has 3 aromatic rings. The largest absolute Gasteiger partial charge is 0.298 e. The first kappa shape index (κ1) is 16.2. The summed E-state index contributed by atoms with van der Waals surface area (Å²) in [4.78, 5) is 11.3. The second kappa shape index (κ2) is 8.26. The van der Waals surface area contributed by atoms with E-state index >= 15 is 0 Å². The minimum absolute atomic E-state index is 0.781. The van der Waals surface area contributed by atoms with Crippen molar-refractivity contribution >= 4 is 6.29 Å². The van der Waals surface area contributed by atoms with E-state index < -0.39 is 0 Å². The molecule has 0 bridgehead atoms. The molecule has 0 aliphatic rings. The van der Waals surface area contributed by atoms with E-state index in [0.717, 1.165) is 37.5 Å². The van der Waals surface area contributed by atoms with Crippen LogP contribution in [0, 0.1) is 0 Å². The highest BCUT2D eigenvalue weighted by atomic mass is 16.1. The van der Waals surface area contributed by atoms with Gasteiger partial charge in [-0.15, -0.1) is 0 Å². The van der Waals surface area contributed by atoms with Gasteiger partial charge < -0.3 is 0 Å². The third-order valence-corrected chi connectivity index (χ3v) is 4.30. The summed E-state index contributed by atoms with van der Waals surface area (Å²) in [6.45, 7) is 0. The van der Waals surface area contributed by atoms with Gasteiger partial charge in [0.1, 0.15) is 6.29 Å². The fraction of sp³-hybridized carbons (Fsp3) is 0.174. The highest BCUT2D eigenvalue weighted by Crippen LogP contribution is 2.15. The van der Waals surface area contributed by atoms with Crippen LogP contribution in [0.4, 0.5) is 0 Å². The maximum atomic E-state index is 11.3. The Balaban J connectivity index is 1.69. The summed E-state index contributed by atoms with van der Waals surface area (Å²) < 4.78 is 0. The SMILES string of the molecule is O=Cc1cc(CCc2ccccc2)cc(CCc2ccccc2)c1. The average molecular weight is 314 g/mol. The Morgan fingerprint density at radius 1 is 0.542 bits per heavy atom. The average Bonchev–Trinajstić information content (AvgIpc) is 2.66. The van der Waals surface area contributed by atoms with E-state index in [4.69, 9.17) is 0 Å². The first-order valence-electron chi connectivity index (χ1n) is 8.49. The summed E-state index contributed by atoms with van der Waals surface area (Å²) in [5, 5.41) is 0. The van der Waals surface area contributed by atoms with E-state index in [9.17, 15) is 4.79 Å². The van der Waals surface area contributed by atoms with E-state index in [0.29, 0.717) is 0 Å². The Morgan fingerprint density at radius 2 is 0.958 bits per heavy atom. The van der Waals surface area contributed by atoms with Gasteiger partial charge in [-0.05, 0) is 60.1 Å². The van der Waals surface area contributed by atoms with E-state index in [1.165, 1.54) is 22.3 Å². The van der Waals surface area contributed by atoms with Gasteiger partial charge in [0, 0.05) is 5.56 Å². The zero-order valence-corrected chi connectivity index (χ0v) is 13.8. The fourth-order valence-corrected chi connectivity index (χ4v) is 3.01. The zero-order valence-electron chi connectivity index (χ0n) is 13.8. The lowest BCUT2D eigenvalue weighted by atomic mass is 9.97. The van der Waals surface area contributed by atoms with Crippen LogP contribution in [0.3, 0.4) is 0 Å². The molecule has 0 atom stereocenters. The van der Waals surface area contributed by atoms with E-state index in [2.05, 4.69) is 54.6 Å². The van der Waals surface area contributed by atoms with Gasteiger partial charge in [0.25, 0.3) is 0 Å². The van der Waals surface area contributed by atoms with Crippen molar-refractivity contribution in [1.82, 2.24) is 0 Å². The van der Waals surface area contributed by atoms with Crippen molar-refractivity contribution in [3.05, 3.63) is 107 Å². The number of benzene rings is 3. The smallest absolute Gasteiger partial charge is 0.150 e. The summed E-state index contributed by atoms with van der Waals surface area (Å²) in [7, 11) is 0. The molecule has 0 spiro atoms. The molecule has 1 nitrogen and oxygen atoms in total. The molecule has 24 heavy (non-hydrogen) atoms. The minimum atomic E-state index is 0.781. The van der Waals surface area contributed by atoms with Crippen LogP contribution < -0.4 is 0 Å². The molecule has 0 heterocycles. The number of rotatable bonds is 7. The van der Waals surface area contributed by atoms with Gasteiger partial charge in [-0.3, -0.25) is 4.79 Å². The van der Waals surface area contributed by atoms with Gasteiger partial charge in [-0.2, -0.15) is 0 Å². The second-order valence-corrected chi connectivity index (χ2v) is 6.17. The molecule has 3 rings (SSSR count). The molecule has 0 saturated carbocycles. The molecule has 120 valence electrons. The third kappa shape index (κ3) is 4.66. The van der Waals surface area contributed by atoms with Crippen LogP contribution in [0.1, 0.15) is 32.6 Å². The molecule has 0 saturated heterocycles. The van der Waals surface area contributed by atoms with Gasteiger partial charge in [-0.25, -0.2) is 0 Å². The molecule has 0 N–H and O–H groups in total. The van der Waals surface area contributed by atoms with Gasteiger partial charge in [0.2, 0.25) is 0 Å². The predicted molar refractivity (Wildman–Crippen MR) is 99.5 cm³/mol. The molecular formula is C23H22O. The Hall–Kier alpha value is -2.67. The molecule has 0 aliphatic heterocycles. The molecular weight excluding hydrogens is 292 g/mol. The van der Waals surface area contributed by atoms with Crippen LogP contribution in [-0.4, -0.2) is 6.29 Å². The molecule has 0 amide bonds. The molecule has 0 radical (unpaired) electrons. The van der Waals surface area contributed by atoms with E-state index in [1.54, 1.807) is 0 Å². The van der Waals surface area contributed by atoms with Crippen LogP contribution in [0.15, 0.2) is 78.9 Å². The van der Waals surface area contributed by atoms with Gasteiger partial charge in [-0.1, -0.05) is 66.7 Å². The van der Waals surface area contributed by atoms with Crippen molar-refractivity contribution in [3.8, 4) is 0 Å². The van der Waals surface area contributed by atoms with E-state index in [-0.39, 0.29) is 0 Å². The summed E-state index contributed by atoms with van der Waals surface area (Å²) in [6, 6.07) is 27.3. The van der Waals surface area contributed by atoms with Crippen molar-refractivity contribution in [2.45, 2.75) is 25.7 Å². The van der Waals surface area contributed by atoms with Crippen molar-refractivity contribution in [3.63, 3.8) is 0 Å². The summed E-state index contributed by atoms with van der Waals surface area (Å²) in [5.41, 5.74) is 5.93. The third-order valence-electron chi connectivity index (χ3n) is 4.30. The van der Waals surface area contributed by atoms with Gasteiger partial charge in [0.05, 0.1) is 0 Å². The van der Waals surface area contributed by atoms with Crippen LogP contribution in [0.2, 0.25) is 0 Å². The minimum Gasteiger partial charge on any atom is -0.298 e. The zero-order chi connectivity index (χ0) is 16.6. The first-order chi connectivity index (χ1) is 11.8. The number of aryl methyl sites for hydroxylation is 4. The Bertz CT molecular complexity index is 714. The van der Waals surface area contributed by atoms with E-state index in [1.807, 2.05) is 24.3 Å². The Morgan fingerprint density at radius 3 is 1.38 bits per heavy atom. The Kier molecular flexibility index (Phi) is 5.57. The second-order valence-electron chi connectivity index (χ2n) is 6.17. The lowest BCUT2D eigenvalue weighted by molar-refractivity contribution is 0.112. The number of carbonyl (C=O) groups is 1. The highest BCUT2D eigenvalue weighted by molar-refractivity contribution is 5.75. The van der Waals surface area contributed by atoms with Crippen molar-refractivity contribution in [1.29, 1.82) is 0 Å². The van der Waals surface area contributed by atoms with Crippen molar-refractivity contribution in [2.75, 3.05) is 0 Å². The molecule has 0 aliphatic carbocycles. The highest BCUT2D eigenvalue weighted by Gasteiger charge is 2.03. The number of aldehydes is 1. The molecule has 0 unspecified atom stereocenters. The van der Waals surface area contributed by atoms with Crippen molar-refractivity contribution in [2.24, 2.45) is 0 Å². The first-order valence-corrected chi connectivity index (χ1v) is 8.49. The lowest BCUT2D eigenvalue weighted by Gasteiger charge is -2.08. The normalized spacial score (nSPS) is 10.5. The van der Waals surface area contributed by atoms with Crippen LogP contribution >= 0.6 is 0 Å². The maximum Gasteiger partial charge on any atom is 0.150 e. The Labute approximate surface area is 144 Å². The predicted octanol–water partition coefficient (Wildman–Crippen LogP) is 5.07. The molecule has 3 aromatic carbocycles. The van der Waals surface area contributed by atoms with Gasteiger partial charge >= 0.3 is 0 Å².